The number of quaternary nitrogens is 1. The minimum Gasteiger partial charge on any atom is -0.756 e. The largest absolute Gasteiger partial charge is 0.756 e. The van der Waals surface area contributed by atoms with Crippen LogP contribution < -0.4 is 4.89 Å². The number of allylic oxidation sites excluding steroid dienone is 10. The maximum atomic E-state index is 12.8. The van der Waals surface area contributed by atoms with Crippen molar-refractivity contribution in [3.8, 4) is 0 Å². The Bertz CT molecular complexity index is 1350. The maximum absolute atomic E-state index is 12.8. The van der Waals surface area contributed by atoms with Gasteiger partial charge >= 0.3 is 11.9 Å². The molecule has 9 nitrogen and oxygen atoms in total. The first-order valence-corrected chi connectivity index (χ1v) is 30.0. The summed E-state index contributed by atoms with van der Waals surface area (Å²) in [6.07, 6.45) is 64.0. The summed E-state index contributed by atoms with van der Waals surface area (Å²) in [6, 6.07) is 0. The Labute approximate surface area is 426 Å². The van der Waals surface area contributed by atoms with E-state index in [0.29, 0.717) is 17.4 Å². The molecule has 0 amide bonds. The van der Waals surface area contributed by atoms with Crippen molar-refractivity contribution in [3.63, 3.8) is 0 Å². The van der Waals surface area contributed by atoms with Crippen molar-refractivity contribution in [2.75, 3.05) is 47.5 Å². The Hall–Kier alpha value is -2.29. The lowest BCUT2D eigenvalue weighted by molar-refractivity contribution is -0.870. The SMILES string of the molecule is CC/C=C\C/C=C\C/C=C\C/C=C\C/C=C\CCCCCCCCCC(=O)OC(COC(=O)CCCCCCCCCCCCCCCCCCCCCCCC)COP(=O)([O-])OCC[N+](C)(C)C. The lowest BCUT2D eigenvalue weighted by atomic mass is 10.0. The number of rotatable bonds is 52. The monoisotopic (exact) mass is 990 g/mol. The number of hydrogen-bond donors (Lipinski definition) is 0. The number of phosphoric acid groups is 1. The molecule has 0 spiro atoms. The number of likely N-dealkylation sites (N-methyl/N-ethyl adjacent to an activating group) is 1. The molecule has 0 aliphatic heterocycles. The van der Waals surface area contributed by atoms with Crippen LogP contribution in [0.25, 0.3) is 0 Å². The van der Waals surface area contributed by atoms with Crippen LogP contribution in [0.4, 0.5) is 0 Å². The number of esters is 2. The number of hydrogen-bond acceptors (Lipinski definition) is 8. The van der Waals surface area contributed by atoms with Gasteiger partial charge in [0.25, 0.3) is 7.82 Å². The summed E-state index contributed by atoms with van der Waals surface area (Å²) in [4.78, 5) is 37.9. The van der Waals surface area contributed by atoms with Crippen molar-refractivity contribution < 1.29 is 42.1 Å². The first kappa shape index (κ1) is 66.7. The second kappa shape index (κ2) is 50.6. The van der Waals surface area contributed by atoms with Crippen LogP contribution in [0.5, 0.6) is 0 Å². The molecule has 0 aromatic rings. The highest BCUT2D eigenvalue weighted by atomic mass is 31.2. The molecule has 0 saturated heterocycles. The Morgan fingerprint density at radius 1 is 0.464 bits per heavy atom. The summed E-state index contributed by atoms with van der Waals surface area (Å²) in [7, 11) is 1.16. The van der Waals surface area contributed by atoms with E-state index in [0.717, 1.165) is 77.0 Å². The van der Waals surface area contributed by atoms with E-state index in [1.807, 2.05) is 21.1 Å². The van der Waals surface area contributed by atoms with Gasteiger partial charge in [0, 0.05) is 12.8 Å². The fraction of sp³-hybridized carbons (Fsp3) is 0.797. The fourth-order valence-corrected chi connectivity index (χ4v) is 8.65. The lowest BCUT2D eigenvalue weighted by Crippen LogP contribution is -2.37. The zero-order valence-corrected chi connectivity index (χ0v) is 46.4. The van der Waals surface area contributed by atoms with Crippen LogP contribution >= 0.6 is 7.82 Å². The van der Waals surface area contributed by atoms with Gasteiger partial charge in [-0.25, -0.2) is 0 Å². The van der Waals surface area contributed by atoms with Gasteiger partial charge in [-0.1, -0.05) is 242 Å². The number of ether oxygens (including phenoxy) is 2. The number of phosphoric ester groups is 1. The van der Waals surface area contributed by atoms with Gasteiger partial charge in [0.1, 0.15) is 19.8 Å². The average Bonchev–Trinajstić information content (AvgIpc) is 3.31. The van der Waals surface area contributed by atoms with E-state index in [1.165, 1.54) is 141 Å². The molecule has 0 fully saturated rings. The summed E-state index contributed by atoms with van der Waals surface area (Å²) in [5.41, 5.74) is 0. The van der Waals surface area contributed by atoms with Crippen LogP contribution in [0.3, 0.4) is 0 Å². The van der Waals surface area contributed by atoms with E-state index in [1.54, 1.807) is 0 Å². The van der Waals surface area contributed by atoms with E-state index in [9.17, 15) is 19.0 Å². The Morgan fingerprint density at radius 3 is 1.23 bits per heavy atom. The molecule has 0 aromatic carbocycles. The molecule has 0 bridgehead atoms. The maximum Gasteiger partial charge on any atom is 0.306 e. The van der Waals surface area contributed by atoms with Gasteiger partial charge in [0.05, 0.1) is 27.7 Å². The van der Waals surface area contributed by atoms with Crippen LogP contribution in [0.2, 0.25) is 0 Å². The summed E-state index contributed by atoms with van der Waals surface area (Å²) < 4.78 is 34.1. The van der Waals surface area contributed by atoms with Gasteiger partial charge < -0.3 is 27.9 Å². The van der Waals surface area contributed by atoms with Gasteiger partial charge in [0.2, 0.25) is 0 Å². The lowest BCUT2D eigenvalue weighted by Gasteiger charge is -2.28. The average molecular weight is 990 g/mol. The molecule has 0 saturated carbocycles. The van der Waals surface area contributed by atoms with E-state index in [-0.39, 0.29) is 32.0 Å². The molecule has 2 unspecified atom stereocenters. The molecule has 2 atom stereocenters. The summed E-state index contributed by atoms with van der Waals surface area (Å²) >= 11 is 0. The summed E-state index contributed by atoms with van der Waals surface area (Å²) in [6.45, 7) is 4.14. The van der Waals surface area contributed by atoms with Crippen molar-refractivity contribution in [1.82, 2.24) is 0 Å². The van der Waals surface area contributed by atoms with E-state index >= 15 is 0 Å². The van der Waals surface area contributed by atoms with Crippen LogP contribution in [0, 0.1) is 0 Å². The van der Waals surface area contributed by atoms with Crippen molar-refractivity contribution in [3.05, 3.63) is 60.8 Å². The molecule has 0 rings (SSSR count). The van der Waals surface area contributed by atoms with Crippen LogP contribution in [-0.4, -0.2) is 70.0 Å². The topological polar surface area (TPSA) is 111 Å². The Kier molecular flexibility index (Phi) is 49.0. The molecule has 69 heavy (non-hydrogen) atoms. The van der Waals surface area contributed by atoms with E-state index in [2.05, 4.69) is 74.6 Å². The van der Waals surface area contributed by atoms with Crippen molar-refractivity contribution in [2.45, 2.75) is 258 Å². The Morgan fingerprint density at radius 2 is 0.826 bits per heavy atom. The first-order valence-electron chi connectivity index (χ1n) is 28.5. The molecule has 0 aliphatic carbocycles. The highest BCUT2D eigenvalue weighted by molar-refractivity contribution is 7.45. The molecular formula is C59H108NO8P. The van der Waals surface area contributed by atoms with E-state index < -0.39 is 26.5 Å². The highest BCUT2D eigenvalue weighted by Crippen LogP contribution is 2.38. The summed E-state index contributed by atoms with van der Waals surface area (Å²) in [5.74, 6) is -0.838. The first-order chi connectivity index (χ1) is 33.5. The van der Waals surface area contributed by atoms with Crippen LogP contribution in [-0.2, 0) is 32.7 Å². The third-order valence-electron chi connectivity index (χ3n) is 12.3. The molecular weight excluding hydrogens is 882 g/mol. The predicted octanol–water partition coefficient (Wildman–Crippen LogP) is 16.9. The minimum atomic E-state index is -4.64. The standard InChI is InChI=1S/C59H108NO8P/c1-6-8-10-12-14-16-18-20-22-24-26-28-30-32-34-36-38-40-42-44-46-48-50-52-59(62)68-57(56-67-69(63,64)66-54-53-60(3,4)5)55-65-58(61)51-49-47-45-43-41-39-37-35-33-31-29-27-25-23-21-19-17-15-13-11-9-7-2/h8,10,14,16,20,22,26,28,32,34,57H,6-7,9,11-13,15,17-19,21,23-25,27,29-31,33,35-56H2,1-5H3/b10-8-,16-14-,22-20-,28-26-,34-32-. The number of unbranched alkanes of at least 4 members (excludes halogenated alkanes) is 28. The second-order valence-electron chi connectivity index (χ2n) is 20.3. The van der Waals surface area contributed by atoms with Crippen molar-refractivity contribution in [2.24, 2.45) is 0 Å². The third-order valence-corrected chi connectivity index (χ3v) is 13.3. The third kappa shape index (κ3) is 54.9. The van der Waals surface area contributed by atoms with Crippen molar-refractivity contribution in [1.29, 1.82) is 0 Å². The predicted molar refractivity (Wildman–Crippen MR) is 291 cm³/mol. The number of nitrogens with zero attached hydrogens (tertiary/aromatic N) is 1. The zero-order chi connectivity index (χ0) is 50.6. The number of carbonyl (C=O) groups is 2. The molecule has 0 heterocycles. The van der Waals surface area contributed by atoms with Gasteiger partial charge in [-0.05, 0) is 57.8 Å². The number of carbonyl (C=O) groups excluding carboxylic acids is 2. The van der Waals surface area contributed by atoms with E-state index in [4.69, 9.17) is 18.5 Å². The van der Waals surface area contributed by atoms with Gasteiger partial charge in [-0.15, -0.1) is 0 Å². The molecule has 0 N–H and O–H groups in total. The normalized spacial score (nSPS) is 13.8. The second-order valence-corrected chi connectivity index (χ2v) is 21.7. The Balaban J connectivity index is 4.20. The molecule has 0 aromatic heterocycles. The van der Waals surface area contributed by atoms with Crippen molar-refractivity contribution >= 4 is 19.8 Å². The van der Waals surface area contributed by atoms with Crippen LogP contribution in [0.1, 0.15) is 251 Å². The van der Waals surface area contributed by atoms with Gasteiger partial charge in [0.15, 0.2) is 6.10 Å². The van der Waals surface area contributed by atoms with Gasteiger partial charge in [-0.3, -0.25) is 14.2 Å². The molecule has 0 radical (unpaired) electrons. The molecule has 0 aliphatic rings. The smallest absolute Gasteiger partial charge is 0.306 e. The van der Waals surface area contributed by atoms with Crippen LogP contribution in [0.15, 0.2) is 60.8 Å². The fourth-order valence-electron chi connectivity index (χ4n) is 7.92. The zero-order valence-electron chi connectivity index (χ0n) is 45.5. The highest BCUT2D eigenvalue weighted by Gasteiger charge is 2.21. The van der Waals surface area contributed by atoms with Gasteiger partial charge in [-0.2, -0.15) is 0 Å². The molecule has 10 heteroatoms. The summed E-state index contributed by atoms with van der Waals surface area (Å²) in [5, 5.41) is 0. The molecule has 402 valence electrons. The minimum absolute atomic E-state index is 0.0342. The quantitative estimate of drug-likeness (QED) is 0.0195.